The third kappa shape index (κ3) is 1.69. The fraction of sp³-hybridized carbons (Fsp3) is 0. The molecule has 1 heterocycles. The van der Waals surface area contributed by atoms with Crippen LogP contribution in [0.4, 0.5) is 0 Å². The monoisotopic (exact) mass is 179 g/mol. The third-order valence-corrected chi connectivity index (χ3v) is 1.68. The Bertz CT molecular complexity index is 313. The first-order valence-electron chi connectivity index (χ1n) is 3.65. The summed E-state index contributed by atoms with van der Waals surface area (Å²) < 4.78 is 0. The number of hydrogen-bond donors (Lipinski definition) is 1. The molecule has 12 heavy (non-hydrogen) atoms. The molecule has 2 aromatic rings. The van der Waals surface area contributed by atoms with E-state index in [1.54, 1.807) is 0 Å². The molecule has 2 heteroatoms. The first-order chi connectivity index (χ1) is 5.47. The average Bonchev–Trinajstić information content (AvgIpc) is 2.58. The van der Waals surface area contributed by atoms with E-state index in [4.69, 9.17) is 0 Å². The molecule has 1 nitrogen and oxygen atoms in total. The zero-order valence-electron chi connectivity index (χ0n) is 6.53. The topological polar surface area (TPSA) is 15.8 Å². The Morgan fingerprint density at radius 2 is 1.58 bits per heavy atom. The summed E-state index contributed by atoms with van der Waals surface area (Å²) in [5.41, 5.74) is 2.41. The quantitative estimate of drug-likeness (QED) is 0.693. The summed E-state index contributed by atoms with van der Waals surface area (Å²) in [6, 6.07) is 14.3. The first kappa shape index (κ1) is 8.88. The van der Waals surface area contributed by atoms with E-state index in [2.05, 4.69) is 23.2 Å². The summed E-state index contributed by atoms with van der Waals surface area (Å²) >= 11 is 0. The lowest BCUT2D eigenvalue weighted by Crippen LogP contribution is -1.73. The van der Waals surface area contributed by atoms with Crippen LogP contribution in [0.5, 0.6) is 0 Å². The third-order valence-electron chi connectivity index (χ3n) is 1.68. The van der Waals surface area contributed by atoms with E-state index < -0.39 is 0 Å². The maximum absolute atomic E-state index is 3.15. The van der Waals surface area contributed by atoms with Gasteiger partial charge in [0, 0.05) is 11.9 Å². The Balaban J connectivity index is 0.000000720. The highest BCUT2D eigenvalue weighted by atomic mass is 35.5. The van der Waals surface area contributed by atoms with Gasteiger partial charge in [0.15, 0.2) is 0 Å². The number of rotatable bonds is 1. The van der Waals surface area contributed by atoms with Gasteiger partial charge in [0.2, 0.25) is 0 Å². The lowest BCUT2D eigenvalue weighted by atomic mass is 10.2. The van der Waals surface area contributed by atoms with E-state index in [-0.39, 0.29) is 12.4 Å². The van der Waals surface area contributed by atoms with Crippen molar-refractivity contribution in [1.29, 1.82) is 0 Å². The number of benzene rings is 1. The smallest absolute Gasteiger partial charge is 0.0453 e. The van der Waals surface area contributed by atoms with Crippen molar-refractivity contribution in [2.24, 2.45) is 0 Å². The highest BCUT2D eigenvalue weighted by Gasteiger charge is 1.92. The van der Waals surface area contributed by atoms with Crippen LogP contribution in [-0.2, 0) is 0 Å². The molecule has 0 amide bonds. The highest BCUT2D eigenvalue weighted by Crippen LogP contribution is 2.14. The number of aromatic nitrogens is 1. The Hall–Kier alpha value is -1.21. The Morgan fingerprint density at radius 3 is 2.17 bits per heavy atom. The SMILES string of the molecule is Cl.c1ccc(-c2ccc[nH]2)cc1. The second-order valence-electron chi connectivity index (χ2n) is 2.45. The second kappa shape index (κ2) is 3.98. The molecule has 62 valence electrons. The summed E-state index contributed by atoms with van der Waals surface area (Å²) in [5, 5.41) is 0. The van der Waals surface area contributed by atoms with Crippen molar-refractivity contribution in [3.8, 4) is 11.3 Å². The van der Waals surface area contributed by atoms with E-state index in [9.17, 15) is 0 Å². The molecule has 0 bridgehead atoms. The van der Waals surface area contributed by atoms with Crippen LogP contribution in [0.1, 0.15) is 0 Å². The van der Waals surface area contributed by atoms with Crippen LogP contribution >= 0.6 is 12.4 Å². The number of aromatic amines is 1. The van der Waals surface area contributed by atoms with Gasteiger partial charge in [-0.05, 0) is 17.7 Å². The molecule has 0 fully saturated rings. The molecule has 0 radical (unpaired) electrons. The van der Waals surface area contributed by atoms with E-state index in [0.29, 0.717) is 0 Å². The van der Waals surface area contributed by atoms with Crippen LogP contribution in [0, 0.1) is 0 Å². The summed E-state index contributed by atoms with van der Waals surface area (Å²) in [6.07, 6.45) is 1.93. The first-order valence-corrected chi connectivity index (χ1v) is 3.65. The molecule has 2 rings (SSSR count). The maximum atomic E-state index is 3.15. The van der Waals surface area contributed by atoms with Gasteiger partial charge in [-0.3, -0.25) is 0 Å². The molecular weight excluding hydrogens is 170 g/mol. The van der Waals surface area contributed by atoms with Gasteiger partial charge < -0.3 is 4.98 Å². The highest BCUT2D eigenvalue weighted by molar-refractivity contribution is 5.85. The fourth-order valence-electron chi connectivity index (χ4n) is 1.13. The van der Waals surface area contributed by atoms with Gasteiger partial charge in [0.1, 0.15) is 0 Å². The van der Waals surface area contributed by atoms with Crippen molar-refractivity contribution in [3.63, 3.8) is 0 Å². The number of halogens is 1. The van der Waals surface area contributed by atoms with Crippen LogP contribution in [0.2, 0.25) is 0 Å². The van der Waals surface area contributed by atoms with Crippen molar-refractivity contribution in [3.05, 3.63) is 48.7 Å². The van der Waals surface area contributed by atoms with Gasteiger partial charge in [-0.2, -0.15) is 0 Å². The molecule has 0 aliphatic heterocycles. The van der Waals surface area contributed by atoms with Crippen LogP contribution in [0.15, 0.2) is 48.7 Å². The zero-order chi connectivity index (χ0) is 7.52. The molecule has 0 aliphatic rings. The lowest BCUT2D eigenvalue weighted by molar-refractivity contribution is 1.40. The van der Waals surface area contributed by atoms with E-state index in [1.807, 2.05) is 30.5 Å². The molecule has 0 spiro atoms. The molecule has 0 aliphatic carbocycles. The average molecular weight is 180 g/mol. The normalized spacial score (nSPS) is 9.00. The molecule has 0 unspecified atom stereocenters. The molecule has 1 N–H and O–H groups in total. The van der Waals surface area contributed by atoms with Gasteiger partial charge in [0.05, 0.1) is 0 Å². The van der Waals surface area contributed by atoms with Crippen molar-refractivity contribution < 1.29 is 0 Å². The Labute approximate surface area is 77.9 Å². The van der Waals surface area contributed by atoms with E-state index >= 15 is 0 Å². The minimum absolute atomic E-state index is 0. The standard InChI is InChI=1S/C10H9N.ClH/c1-2-5-9(6-3-1)10-7-4-8-11-10;/h1-8,11H;1H. The molecule has 1 aromatic heterocycles. The number of H-pyrrole nitrogens is 1. The maximum Gasteiger partial charge on any atom is 0.0453 e. The van der Waals surface area contributed by atoms with Gasteiger partial charge in [-0.25, -0.2) is 0 Å². The molecule has 1 aromatic carbocycles. The fourth-order valence-corrected chi connectivity index (χ4v) is 1.13. The summed E-state index contributed by atoms with van der Waals surface area (Å²) in [7, 11) is 0. The molecular formula is C10H10ClN. The van der Waals surface area contributed by atoms with Gasteiger partial charge in [0.25, 0.3) is 0 Å². The molecule has 0 atom stereocenters. The van der Waals surface area contributed by atoms with Gasteiger partial charge in [-0.15, -0.1) is 12.4 Å². The number of hydrogen-bond acceptors (Lipinski definition) is 0. The van der Waals surface area contributed by atoms with Crippen molar-refractivity contribution in [1.82, 2.24) is 4.98 Å². The van der Waals surface area contributed by atoms with Crippen LogP contribution < -0.4 is 0 Å². The molecule has 0 saturated carbocycles. The van der Waals surface area contributed by atoms with Crippen molar-refractivity contribution >= 4 is 12.4 Å². The van der Waals surface area contributed by atoms with Crippen molar-refractivity contribution in [2.75, 3.05) is 0 Å². The van der Waals surface area contributed by atoms with Crippen molar-refractivity contribution in [2.45, 2.75) is 0 Å². The minimum Gasteiger partial charge on any atom is -0.361 e. The summed E-state index contributed by atoms with van der Waals surface area (Å²) in [6.45, 7) is 0. The predicted octanol–water partition coefficient (Wildman–Crippen LogP) is 3.10. The van der Waals surface area contributed by atoms with E-state index in [0.717, 1.165) is 0 Å². The van der Waals surface area contributed by atoms with Gasteiger partial charge in [-0.1, -0.05) is 30.3 Å². The number of nitrogens with one attached hydrogen (secondary N) is 1. The van der Waals surface area contributed by atoms with Crippen LogP contribution in [0.3, 0.4) is 0 Å². The zero-order valence-corrected chi connectivity index (χ0v) is 7.34. The second-order valence-corrected chi connectivity index (χ2v) is 2.45. The largest absolute Gasteiger partial charge is 0.361 e. The van der Waals surface area contributed by atoms with Crippen LogP contribution in [0.25, 0.3) is 11.3 Å². The Morgan fingerprint density at radius 1 is 0.833 bits per heavy atom. The Kier molecular flexibility index (Phi) is 2.94. The minimum atomic E-state index is 0. The summed E-state index contributed by atoms with van der Waals surface area (Å²) in [4.78, 5) is 3.15. The van der Waals surface area contributed by atoms with Gasteiger partial charge >= 0.3 is 0 Å². The van der Waals surface area contributed by atoms with E-state index in [1.165, 1.54) is 11.3 Å². The molecule has 0 saturated heterocycles. The summed E-state index contributed by atoms with van der Waals surface area (Å²) in [5.74, 6) is 0. The predicted molar refractivity (Wildman–Crippen MR) is 53.5 cm³/mol. The lowest BCUT2D eigenvalue weighted by Gasteiger charge is -1.94. The van der Waals surface area contributed by atoms with Crippen LogP contribution in [-0.4, -0.2) is 4.98 Å².